The molecule has 0 aliphatic carbocycles. The largest absolute Gasteiger partial charge is 0.573 e. The van der Waals surface area contributed by atoms with Gasteiger partial charge in [-0.25, -0.2) is 9.59 Å². The van der Waals surface area contributed by atoms with E-state index < -0.39 is 127 Å². The highest BCUT2D eigenvalue weighted by Gasteiger charge is 2.59. The second kappa shape index (κ2) is 22.2. The molecule has 4 aromatic carbocycles. The van der Waals surface area contributed by atoms with Crippen molar-refractivity contribution in [2.45, 2.75) is 87.3 Å². The van der Waals surface area contributed by atoms with Gasteiger partial charge in [0.25, 0.3) is 0 Å². The molecule has 2 unspecified atom stereocenters. The number of fused-ring (bicyclic) bond motifs is 2. The highest BCUT2D eigenvalue weighted by atomic mass is 28.5. The Labute approximate surface area is 418 Å². The summed E-state index contributed by atoms with van der Waals surface area (Å²) >= 11 is 0. The van der Waals surface area contributed by atoms with E-state index in [1.54, 1.807) is 0 Å². The SMILES string of the molecule is CO[Si](C)(CCC(F)(F)C(F)(F)CCOc1ccc2cc(-c3ccccc3OC(F)(F)F)c(=O)oc2c1)O[Si](C)(CCC(F)(F)C(F)(F)CCOc1ccc2cc(-c3ccccc3OC(F)(F)F)c(=O)oc2c1)OC. The molecule has 0 radical (unpaired) electrons. The molecule has 0 N–H and O–H groups in total. The Balaban J connectivity index is 1.01. The first-order valence-electron chi connectivity index (χ1n) is 22.2. The highest BCUT2D eigenvalue weighted by Crippen LogP contribution is 2.45. The monoisotopic (exact) mass is 1120 g/mol. The molecule has 0 spiro atoms. The maximum atomic E-state index is 15.2. The van der Waals surface area contributed by atoms with E-state index in [0.717, 1.165) is 38.5 Å². The van der Waals surface area contributed by atoms with Crippen molar-refractivity contribution >= 4 is 39.1 Å². The van der Waals surface area contributed by atoms with Gasteiger partial charge in [0.15, 0.2) is 0 Å². The predicted molar refractivity (Wildman–Crippen MR) is 246 cm³/mol. The minimum absolute atomic E-state index is 0.165. The van der Waals surface area contributed by atoms with Crippen molar-refractivity contribution in [1.82, 2.24) is 0 Å². The highest BCUT2D eigenvalue weighted by molar-refractivity contribution is 6.80. The standard InChI is InChI=1S/C48H44F14O11Si2/c1-65-74(3,23-19-45(53,54)43(49,50)17-21-67-31-15-13-29-25-35(41(63)69-39(29)27-31)33-9-5-7-11-37(33)71-47(57,58)59)73-75(4,66-2)24-20-46(55,56)44(51,52)18-22-68-32-16-14-30-26-36(42(64)70-40(30)28-32)34-10-6-8-12-38(34)72-48(60,61)62/h5-16,25-28H,17-24H2,1-4H3. The lowest BCUT2D eigenvalue weighted by Crippen LogP contribution is -2.53. The molecule has 0 fully saturated rings. The molecule has 27 heteroatoms. The first-order valence-corrected chi connectivity index (χ1v) is 27.3. The number of hydrogen-bond donors (Lipinski definition) is 0. The Morgan fingerprint density at radius 2 is 0.800 bits per heavy atom. The molecule has 408 valence electrons. The minimum Gasteiger partial charge on any atom is -0.493 e. The Hall–Kier alpha value is -6.17. The van der Waals surface area contributed by atoms with Crippen LogP contribution in [0.15, 0.2) is 115 Å². The predicted octanol–water partition coefficient (Wildman–Crippen LogP) is 14.0. The van der Waals surface area contributed by atoms with Crippen molar-refractivity contribution in [3.8, 4) is 45.3 Å². The minimum atomic E-state index is -5.08. The summed E-state index contributed by atoms with van der Waals surface area (Å²) in [4.78, 5) is 25.6. The van der Waals surface area contributed by atoms with Gasteiger partial charge in [0.2, 0.25) is 0 Å². The Morgan fingerprint density at radius 1 is 0.453 bits per heavy atom. The quantitative estimate of drug-likeness (QED) is 0.0327. The van der Waals surface area contributed by atoms with Gasteiger partial charge < -0.3 is 40.7 Å². The number of ether oxygens (including phenoxy) is 4. The number of para-hydroxylation sites is 2. The van der Waals surface area contributed by atoms with Crippen LogP contribution in [-0.2, 0) is 13.0 Å². The van der Waals surface area contributed by atoms with Gasteiger partial charge in [0.1, 0.15) is 34.2 Å². The summed E-state index contributed by atoms with van der Waals surface area (Å²) in [6, 6.07) is 17.4. The van der Waals surface area contributed by atoms with Crippen LogP contribution in [0.25, 0.3) is 44.2 Å². The van der Waals surface area contributed by atoms with Crippen LogP contribution in [0.3, 0.4) is 0 Å². The van der Waals surface area contributed by atoms with E-state index in [4.69, 9.17) is 31.3 Å². The average Bonchev–Trinajstić information content (AvgIpc) is 3.31. The lowest BCUT2D eigenvalue weighted by molar-refractivity contribution is -0.275. The number of halogens is 14. The van der Waals surface area contributed by atoms with Crippen molar-refractivity contribution in [2.24, 2.45) is 0 Å². The molecule has 0 saturated heterocycles. The van der Waals surface area contributed by atoms with Gasteiger partial charge in [0, 0.05) is 61.1 Å². The fourth-order valence-electron chi connectivity index (χ4n) is 7.48. The van der Waals surface area contributed by atoms with E-state index >= 15 is 35.1 Å². The van der Waals surface area contributed by atoms with Crippen LogP contribution in [-0.4, -0.2) is 81.0 Å². The molecule has 2 heterocycles. The van der Waals surface area contributed by atoms with Crippen molar-refractivity contribution in [3.63, 3.8) is 0 Å². The molecular weight excluding hydrogens is 1070 g/mol. The normalized spacial score (nSPS) is 14.6. The van der Waals surface area contributed by atoms with E-state index in [9.17, 15) is 35.9 Å². The van der Waals surface area contributed by atoms with E-state index in [2.05, 4.69) is 9.47 Å². The van der Waals surface area contributed by atoms with Gasteiger partial charge in [-0.15, -0.1) is 26.3 Å². The molecule has 0 saturated carbocycles. The van der Waals surface area contributed by atoms with Crippen LogP contribution < -0.4 is 30.2 Å². The van der Waals surface area contributed by atoms with Crippen molar-refractivity contribution in [1.29, 1.82) is 0 Å². The van der Waals surface area contributed by atoms with Gasteiger partial charge in [-0.1, -0.05) is 36.4 Å². The molecular formula is C48H44F14O11Si2. The van der Waals surface area contributed by atoms with E-state index in [1.165, 1.54) is 85.9 Å². The third-order valence-corrected chi connectivity index (χ3v) is 19.2. The number of rotatable bonds is 24. The number of hydrogen-bond acceptors (Lipinski definition) is 11. The lowest BCUT2D eigenvalue weighted by atomic mass is 10.0. The van der Waals surface area contributed by atoms with Crippen LogP contribution in [0.5, 0.6) is 23.0 Å². The summed E-state index contributed by atoms with van der Waals surface area (Å²) in [6.07, 6.45) is -16.3. The fourth-order valence-corrected chi connectivity index (χ4v) is 14.6. The molecule has 6 rings (SSSR count). The summed E-state index contributed by atoms with van der Waals surface area (Å²) in [5.74, 6) is -20.7. The Kier molecular flexibility index (Phi) is 17.2. The summed E-state index contributed by atoms with van der Waals surface area (Å²) in [5, 5.41) is 0.330. The maximum Gasteiger partial charge on any atom is 0.573 e. The van der Waals surface area contributed by atoms with Crippen LogP contribution in [0.1, 0.15) is 25.7 Å². The van der Waals surface area contributed by atoms with E-state index in [-0.39, 0.29) is 55.7 Å². The zero-order chi connectivity index (χ0) is 55.4. The first kappa shape index (κ1) is 58.1. The molecule has 0 bridgehead atoms. The van der Waals surface area contributed by atoms with Crippen LogP contribution >= 0.6 is 0 Å². The average molecular weight is 1120 g/mol. The molecule has 0 amide bonds. The second-order valence-corrected chi connectivity index (χ2v) is 24.3. The molecule has 11 nitrogen and oxygen atoms in total. The number of benzene rings is 4. The van der Waals surface area contributed by atoms with Crippen LogP contribution in [0, 0.1) is 0 Å². The molecule has 0 aliphatic rings. The van der Waals surface area contributed by atoms with E-state index in [0.29, 0.717) is 0 Å². The summed E-state index contributed by atoms with van der Waals surface area (Å²) in [7, 11) is -5.99. The smallest absolute Gasteiger partial charge is 0.493 e. The summed E-state index contributed by atoms with van der Waals surface area (Å²) in [5.41, 5.74) is -3.65. The van der Waals surface area contributed by atoms with Crippen molar-refractivity contribution < 1.29 is 102 Å². The zero-order valence-electron chi connectivity index (χ0n) is 39.7. The van der Waals surface area contributed by atoms with Gasteiger partial charge in [-0.3, -0.25) is 0 Å². The second-order valence-electron chi connectivity index (χ2n) is 17.2. The summed E-state index contributed by atoms with van der Waals surface area (Å²) in [6.45, 7) is 0.369. The molecule has 6 aromatic rings. The third-order valence-electron chi connectivity index (χ3n) is 11.7. The van der Waals surface area contributed by atoms with Crippen LogP contribution in [0.4, 0.5) is 61.5 Å². The third kappa shape index (κ3) is 14.6. The fraction of sp³-hybridized carbons (Fsp3) is 0.375. The summed E-state index contributed by atoms with van der Waals surface area (Å²) < 4.78 is 245. The van der Waals surface area contributed by atoms with Crippen molar-refractivity contribution in [3.05, 3.63) is 118 Å². The Bertz CT molecular complexity index is 2870. The van der Waals surface area contributed by atoms with Crippen LogP contribution in [0.2, 0.25) is 25.2 Å². The maximum absolute atomic E-state index is 15.2. The van der Waals surface area contributed by atoms with Gasteiger partial charge >= 0.3 is 64.8 Å². The van der Waals surface area contributed by atoms with Crippen molar-refractivity contribution in [2.75, 3.05) is 27.4 Å². The van der Waals surface area contributed by atoms with Gasteiger partial charge in [0.05, 0.1) is 37.2 Å². The molecule has 2 atom stereocenters. The zero-order valence-corrected chi connectivity index (χ0v) is 41.7. The first-order chi connectivity index (χ1) is 34.8. The lowest BCUT2D eigenvalue weighted by Gasteiger charge is -2.37. The van der Waals surface area contributed by atoms with Gasteiger partial charge in [-0.2, -0.15) is 35.1 Å². The van der Waals surface area contributed by atoms with Gasteiger partial charge in [-0.05, 0) is 73.7 Å². The topological polar surface area (TPSA) is 125 Å². The molecule has 2 aromatic heterocycles. The van der Waals surface area contributed by atoms with E-state index in [1.807, 2.05) is 0 Å². The number of alkyl halides is 14. The Morgan fingerprint density at radius 3 is 1.15 bits per heavy atom. The molecule has 0 aliphatic heterocycles. The molecule has 75 heavy (non-hydrogen) atoms.